The van der Waals surface area contributed by atoms with Crippen LogP contribution < -0.4 is 5.32 Å². The van der Waals surface area contributed by atoms with Gasteiger partial charge in [-0.15, -0.1) is 0 Å². The van der Waals surface area contributed by atoms with Gasteiger partial charge in [0.25, 0.3) is 0 Å². The molecule has 0 saturated heterocycles. The third kappa shape index (κ3) is 1.98. The molecule has 1 N–H and O–H groups in total. The predicted molar refractivity (Wildman–Crippen MR) is 90.1 cm³/mol. The Bertz CT molecular complexity index is 966. The number of hydrogen-bond acceptors (Lipinski definition) is 2. The van der Waals surface area contributed by atoms with E-state index >= 15 is 0 Å². The van der Waals surface area contributed by atoms with Crippen LogP contribution in [0.15, 0.2) is 36.4 Å². The maximum atomic E-state index is 11.6. The summed E-state index contributed by atoms with van der Waals surface area (Å²) >= 11 is 0. The molecule has 0 unspecified atom stereocenters. The van der Waals surface area contributed by atoms with Gasteiger partial charge in [0.1, 0.15) is 5.65 Å². The van der Waals surface area contributed by atoms with Crippen LogP contribution in [0.5, 0.6) is 0 Å². The molecule has 1 aliphatic heterocycles. The number of benzene rings is 1. The van der Waals surface area contributed by atoms with Crippen LogP contribution in [0.25, 0.3) is 16.7 Å². The second-order valence-corrected chi connectivity index (χ2v) is 6.61. The summed E-state index contributed by atoms with van der Waals surface area (Å²) in [5, 5.41) is 4.09. The molecular weight excluding hydrogens is 286 g/mol. The fourth-order valence-electron chi connectivity index (χ4n) is 3.50. The zero-order valence-corrected chi connectivity index (χ0v) is 13.0. The number of pyridine rings is 1. The van der Waals surface area contributed by atoms with Crippen LogP contribution in [0.3, 0.4) is 0 Å². The number of nitrogens with one attached hydrogen (secondary N) is 1. The van der Waals surface area contributed by atoms with Gasteiger partial charge in [-0.3, -0.25) is 9.36 Å². The molecule has 3 aromatic rings. The lowest BCUT2D eigenvalue weighted by atomic mass is 10.1. The van der Waals surface area contributed by atoms with Crippen molar-refractivity contribution in [2.24, 2.45) is 0 Å². The standard InChI is InChI=1S/C19H17N3O/c1-11-2-3-13-9-17(12-4-5-12)22(19(13)20-11)15-6-7-16-14(8-15)10-18(23)21-16/h2-3,6-9,12H,4-5,10H2,1H3,(H,21,23). The molecule has 0 atom stereocenters. The van der Waals surface area contributed by atoms with Gasteiger partial charge in [-0.1, -0.05) is 0 Å². The Labute approximate surface area is 134 Å². The minimum absolute atomic E-state index is 0.0749. The zero-order valence-electron chi connectivity index (χ0n) is 13.0. The molecular formula is C19H17N3O. The second kappa shape index (κ2) is 4.44. The van der Waals surface area contributed by atoms with E-state index < -0.39 is 0 Å². The van der Waals surface area contributed by atoms with Gasteiger partial charge < -0.3 is 5.32 Å². The third-order valence-corrected chi connectivity index (χ3v) is 4.79. The largest absolute Gasteiger partial charge is 0.326 e. The first-order valence-corrected chi connectivity index (χ1v) is 8.11. The topological polar surface area (TPSA) is 46.9 Å². The number of aromatic nitrogens is 2. The number of amides is 1. The second-order valence-electron chi connectivity index (χ2n) is 6.61. The number of anilines is 1. The molecule has 2 aromatic heterocycles. The maximum absolute atomic E-state index is 11.6. The minimum atomic E-state index is 0.0749. The first kappa shape index (κ1) is 12.9. The van der Waals surface area contributed by atoms with Crippen molar-refractivity contribution in [1.29, 1.82) is 0 Å². The van der Waals surface area contributed by atoms with Crippen molar-refractivity contribution in [3.63, 3.8) is 0 Å². The Kier molecular flexibility index (Phi) is 2.49. The highest BCUT2D eigenvalue weighted by Gasteiger charge is 2.29. The molecule has 114 valence electrons. The minimum Gasteiger partial charge on any atom is -0.326 e. The van der Waals surface area contributed by atoms with Crippen LogP contribution in [0.2, 0.25) is 0 Å². The molecule has 1 fully saturated rings. The maximum Gasteiger partial charge on any atom is 0.228 e. The molecule has 1 amide bonds. The van der Waals surface area contributed by atoms with Crippen LogP contribution in [0.1, 0.15) is 35.7 Å². The number of carbonyl (C=O) groups excluding carboxylic acids is 1. The highest BCUT2D eigenvalue weighted by Crippen LogP contribution is 2.43. The number of nitrogens with zero attached hydrogens (tertiary/aromatic N) is 2. The van der Waals surface area contributed by atoms with Crippen molar-refractivity contribution in [3.8, 4) is 5.69 Å². The van der Waals surface area contributed by atoms with Crippen molar-refractivity contribution in [3.05, 3.63) is 53.3 Å². The molecule has 1 aliphatic carbocycles. The summed E-state index contributed by atoms with van der Waals surface area (Å²) in [6, 6.07) is 12.7. The monoisotopic (exact) mass is 303 g/mol. The van der Waals surface area contributed by atoms with Crippen molar-refractivity contribution in [2.45, 2.75) is 32.1 Å². The van der Waals surface area contributed by atoms with Gasteiger partial charge in [0.05, 0.1) is 6.42 Å². The van der Waals surface area contributed by atoms with Crippen LogP contribution >= 0.6 is 0 Å². The highest BCUT2D eigenvalue weighted by atomic mass is 16.1. The Morgan fingerprint density at radius 3 is 2.87 bits per heavy atom. The van der Waals surface area contributed by atoms with E-state index in [1.807, 2.05) is 13.0 Å². The molecule has 4 heteroatoms. The molecule has 4 nitrogen and oxygen atoms in total. The summed E-state index contributed by atoms with van der Waals surface area (Å²) in [6.45, 7) is 2.03. The van der Waals surface area contributed by atoms with Crippen LogP contribution in [-0.2, 0) is 11.2 Å². The summed E-state index contributed by atoms with van der Waals surface area (Å²) < 4.78 is 2.28. The van der Waals surface area contributed by atoms with Gasteiger partial charge in [-0.2, -0.15) is 0 Å². The van der Waals surface area contributed by atoms with E-state index in [-0.39, 0.29) is 5.91 Å². The fraction of sp³-hybridized carbons (Fsp3) is 0.263. The summed E-state index contributed by atoms with van der Waals surface area (Å²) in [7, 11) is 0. The Balaban J connectivity index is 1.76. The molecule has 5 rings (SSSR count). The Morgan fingerprint density at radius 1 is 1.17 bits per heavy atom. The van der Waals surface area contributed by atoms with Crippen LogP contribution in [0.4, 0.5) is 5.69 Å². The Hall–Kier alpha value is -2.62. The van der Waals surface area contributed by atoms with Gasteiger partial charge in [-0.05, 0) is 67.6 Å². The average molecular weight is 303 g/mol. The lowest BCUT2D eigenvalue weighted by Gasteiger charge is -2.11. The van der Waals surface area contributed by atoms with Gasteiger partial charge >= 0.3 is 0 Å². The van der Waals surface area contributed by atoms with E-state index in [0.717, 1.165) is 28.3 Å². The van der Waals surface area contributed by atoms with E-state index in [4.69, 9.17) is 4.98 Å². The van der Waals surface area contributed by atoms with Gasteiger partial charge in [0, 0.05) is 28.1 Å². The number of aryl methyl sites for hydroxylation is 1. The lowest BCUT2D eigenvalue weighted by Crippen LogP contribution is -2.03. The van der Waals surface area contributed by atoms with Crippen LogP contribution in [-0.4, -0.2) is 15.5 Å². The highest BCUT2D eigenvalue weighted by molar-refractivity contribution is 5.99. The number of fused-ring (bicyclic) bond motifs is 2. The summed E-state index contributed by atoms with van der Waals surface area (Å²) in [6.07, 6.45) is 2.97. The Morgan fingerprint density at radius 2 is 2.04 bits per heavy atom. The predicted octanol–water partition coefficient (Wildman–Crippen LogP) is 3.71. The molecule has 0 spiro atoms. The number of rotatable bonds is 2. The molecule has 0 bridgehead atoms. The zero-order chi connectivity index (χ0) is 15.6. The molecule has 1 aromatic carbocycles. The van der Waals surface area contributed by atoms with Gasteiger partial charge in [-0.25, -0.2) is 4.98 Å². The molecule has 1 saturated carbocycles. The van der Waals surface area contributed by atoms with E-state index in [0.29, 0.717) is 12.3 Å². The fourth-order valence-corrected chi connectivity index (χ4v) is 3.50. The molecule has 0 radical (unpaired) electrons. The van der Waals surface area contributed by atoms with E-state index in [1.165, 1.54) is 23.9 Å². The number of carbonyl (C=O) groups is 1. The van der Waals surface area contributed by atoms with E-state index in [1.54, 1.807) is 0 Å². The van der Waals surface area contributed by atoms with Crippen molar-refractivity contribution < 1.29 is 4.79 Å². The first-order chi connectivity index (χ1) is 11.2. The van der Waals surface area contributed by atoms with Gasteiger partial charge in [0.15, 0.2) is 0 Å². The first-order valence-electron chi connectivity index (χ1n) is 8.11. The average Bonchev–Trinajstić information content (AvgIpc) is 3.20. The normalized spacial score (nSPS) is 16.7. The summed E-state index contributed by atoms with van der Waals surface area (Å²) in [5.74, 6) is 0.711. The lowest BCUT2D eigenvalue weighted by molar-refractivity contribution is -0.115. The molecule has 23 heavy (non-hydrogen) atoms. The summed E-state index contributed by atoms with van der Waals surface area (Å²) in [4.78, 5) is 16.4. The van der Waals surface area contributed by atoms with Crippen molar-refractivity contribution >= 4 is 22.6 Å². The van der Waals surface area contributed by atoms with Crippen LogP contribution in [0, 0.1) is 6.92 Å². The molecule has 2 aliphatic rings. The molecule has 3 heterocycles. The SMILES string of the molecule is Cc1ccc2cc(C3CC3)n(-c3ccc4c(c3)CC(=O)N4)c2n1. The van der Waals surface area contributed by atoms with E-state index in [9.17, 15) is 4.79 Å². The van der Waals surface area contributed by atoms with Gasteiger partial charge in [0.2, 0.25) is 5.91 Å². The number of hydrogen-bond donors (Lipinski definition) is 1. The van der Waals surface area contributed by atoms with E-state index in [2.05, 4.69) is 40.2 Å². The third-order valence-electron chi connectivity index (χ3n) is 4.79. The van der Waals surface area contributed by atoms with Crippen molar-refractivity contribution in [2.75, 3.05) is 5.32 Å². The van der Waals surface area contributed by atoms with Crippen molar-refractivity contribution in [1.82, 2.24) is 9.55 Å². The smallest absolute Gasteiger partial charge is 0.228 e. The summed E-state index contributed by atoms with van der Waals surface area (Å²) in [5.41, 5.74) is 6.50. The quantitative estimate of drug-likeness (QED) is 0.784.